The first-order valence-electron chi connectivity index (χ1n) is 7.27. The summed E-state index contributed by atoms with van der Waals surface area (Å²) >= 11 is 0. The highest BCUT2D eigenvalue weighted by molar-refractivity contribution is 6.96. The van der Waals surface area contributed by atoms with Gasteiger partial charge in [-0.2, -0.15) is 5.06 Å². The highest BCUT2D eigenvalue weighted by Gasteiger charge is 2.42. The molecule has 0 saturated carbocycles. The minimum absolute atomic E-state index is 0.229. The summed E-state index contributed by atoms with van der Waals surface area (Å²) in [7, 11) is -2.67. The predicted molar refractivity (Wildman–Crippen MR) is 85.9 cm³/mol. The molecule has 0 spiro atoms. The predicted octanol–water partition coefficient (Wildman–Crippen LogP) is 1.46. The van der Waals surface area contributed by atoms with Crippen molar-refractivity contribution in [3.05, 3.63) is 60.7 Å². The zero-order chi connectivity index (χ0) is 15.6. The zero-order valence-electron chi connectivity index (χ0n) is 12.4. The lowest BCUT2D eigenvalue weighted by molar-refractivity contribution is -0.165. The molecule has 4 nitrogen and oxygen atoms in total. The Kier molecular flexibility index (Phi) is 3.91. The number of hydroxylamine groups is 2. The van der Waals surface area contributed by atoms with E-state index in [4.69, 9.17) is 4.53 Å². The fourth-order valence-electron chi connectivity index (χ4n) is 2.62. The maximum Gasteiger partial charge on any atom is 0.288 e. The van der Waals surface area contributed by atoms with Gasteiger partial charge in [0.15, 0.2) is 0 Å². The van der Waals surface area contributed by atoms with Gasteiger partial charge in [0.05, 0.1) is 0 Å². The summed E-state index contributed by atoms with van der Waals surface area (Å²) in [5, 5.41) is 3.02. The lowest BCUT2D eigenvalue weighted by atomic mass is 10.4. The van der Waals surface area contributed by atoms with Crippen LogP contribution in [-0.2, 0) is 14.1 Å². The van der Waals surface area contributed by atoms with Gasteiger partial charge in [0.2, 0.25) is 0 Å². The number of nitrogens with zero attached hydrogens (tertiary/aromatic N) is 1. The standard InChI is InChI=1S/C17H17NO3Si/c1-22(14-8-4-2-5-9-14,15-10-6-3-7-11-15)21-18-16(19)12-13-17(18)20/h2-11H,12-13H2,1H3. The van der Waals surface area contributed by atoms with Crippen LogP contribution in [0.3, 0.4) is 0 Å². The van der Waals surface area contributed by atoms with E-state index in [0.29, 0.717) is 0 Å². The lowest BCUT2D eigenvalue weighted by Gasteiger charge is -2.31. The molecule has 1 heterocycles. The maximum atomic E-state index is 11.9. The van der Waals surface area contributed by atoms with E-state index in [-0.39, 0.29) is 24.7 Å². The van der Waals surface area contributed by atoms with Gasteiger partial charge in [-0.25, -0.2) is 0 Å². The first-order chi connectivity index (χ1) is 10.6. The van der Waals surface area contributed by atoms with Gasteiger partial charge < -0.3 is 0 Å². The molecule has 5 heteroatoms. The fraction of sp³-hybridized carbons (Fsp3) is 0.176. The molecule has 1 aliphatic rings. The van der Waals surface area contributed by atoms with Crippen molar-refractivity contribution in [2.24, 2.45) is 0 Å². The first-order valence-corrected chi connectivity index (χ1v) is 9.68. The third-order valence-electron chi connectivity index (χ3n) is 3.93. The van der Waals surface area contributed by atoms with Gasteiger partial charge in [-0.1, -0.05) is 60.7 Å². The van der Waals surface area contributed by atoms with Crippen LogP contribution in [0.1, 0.15) is 12.8 Å². The van der Waals surface area contributed by atoms with Crippen LogP contribution < -0.4 is 10.4 Å². The van der Waals surface area contributed by atoms with Gasteiger partial charge in [-0.15, -0.1) is 0 Å². The van der Waals surface area contributed by atoms with Gasteiger partial charge in [0, 0.05) is 12.8 Å². The van der Waals surface area contributed by atoms with Crippen LogP contribution in [0.4, 0.5) is 0 Å². The van der Waals surface area contributed by atoms with Crippen molar-refractivity contribution in [2.75, 3.05) is 0 Å². The van der Waals surface area contributed by atoms with E-state index in [1.165, 1.54) is 0 Å². The summed E-state index contributed by atoms with van der Waals surface area (Å²) in [6.07, 6.45) is 0.458. The Bertz CT molecular complexity index is 632. The Morgan fingerprint density at radius 3 is 1.64 bits per heavy atom. The van der Waals surface area contributed by atoms with E-state index in [2.05, 4.69) is 0 Å². The number of benzene rings is 2. The molecule has 1 fully saturated rings. The van der Waals surface area contributed by atoms with E-state index in [1.807, 2.05) is 67.2 Å². The molecule has 0 atom stereocenters. The monoisotopic (exact) mass is 311 g/mol. The quantitative estimate of drug-likeness (QED) is 0.634. The summed E-state index contributed by atoms with van der Waals surface area (Å²) in [5.41, 5.74) is 0. The van der Waals surface area contributed by atoms with E-state index in [9.17, 15) is 9.59 Å². The molecule has 0 radical (unpaired) electrons. The second-order valence-corrected chi connectivity index (χ2v) is 8.84. The Morgan fingerprint density at radius 2 is 1.23 bits per heavy atom. The third-order valence-corrected chi connectivity index (χ3v) is 7.35. The highest BCUT2D eigenvalue weighted by Crippen LogP contribution is 2.17. The minimum atomic E-state index is -2.67. The number of carbonyl (C=O) groups excluding carboxylic acids is 2. The van der Waals surface area contributed by atoms with E-state index in [0.717, 1.165) is 15.4 Å². The van der Waals surface area contributed by atoms with E-state index >= 15 is 0 Å². The first kappa shape index (κ1) is 14.7. The largest absolute Gasteiger partial charge is 0.299 e. The normalized spacial score (nSPS) is 15.4. The number of amides is 2. The summed E-state index contributed by atoms with van der Waals surface area (Å²) in [6, 6.07) is 19.6. The average molecular weight is 311 g/mol. The molecule has 3 rings (SSSR count). The van der Waals surface area contributed by atoms with Crippen LogP contribution in [-0.4, -0.2) is 25.2 Å². The van der Waals surface area contributed by atoms with Crippen LogP contribution in [0.25, 0.3) is 0 Å². The topological polar surface area (TPSA) is 46.6 Å². The summed E-state index contributed by atoms with van der Waals surface area (Å²) in [4.78, 5) is 23.9. The lowest BCUT2D eigenvalue weighted by Crippen LogP contribution is -2.61. The Balaban J connectivity index is 2.04. The molecule has 0 N–H and O–H groups in total. The van der Waals surface area contributed by atoms with Gasteiger partial charge in [-0.3, -0.25) is 14.1 Å². The van der Waals surface area contributed by atoms with Crippen LogP contribution >= 0.6 is 0 Å². The van der Waals surface area contributed by atoms with Gasteiger partial charge in [-0.05, 0) is 16.9 Å². The summed E-state index contributed by atoms with van der Waals surface area (Å²) in [5.74, 6) is -0.508. The van der Waals surface area contributed by atoms with E-state index in [1.54, 1.807) is 0 Å². The Morgan fingerprint density at radius 1 is 0.818 bits per heavy atom. The van der Waals surface area contributed by atoms with Crippen LogP contribution in [0, 0.1) is 0 Å². The Hall–Kier alpha value is -2.24. The molecule has 2 aromatic rings. The molecule has 0 aromatic heterocycles. The number of hydrogen-bond acceptors (Lipinski definition) is 3. The molecular formula is C17H17NO3Si. The van der Waals surface area contributed by atoms with Gasteiger partial charge in [0.25, 0.3) is 20.1 Å². The van der Waals surface area contributed by atoms with Crippen molar-refractivity contribution in [3.8, 4) is 0 Å². The van der Waals surface area contributed by atoms with E-state index < -0.39 is 8.32 Å². The van der Waals surface area contributed by atoms with Gasteiger partial charge in [0.1, 0.15) is 0 Å². The van der Waals surface area contributed by atoms with Crippen molar-refractivity contribution in [1.82, 2.24) is 5.06 Å². The summed E-state index contributed by atoms with van der Waals surface area (Å²) < 4.78 is 6.07. The Labute approximate surface area is 130 Å². The second-order valence-electron chi connectivity index (χ2n) is 5.44. The molecule has 112 valence electrons. The SMILES string of the molecule is C[Si](ON1C(=O)CCC1=O)(c1ccccc1)c1ccccc1. The molecule has 0 unspecified atom stereocenters. The van der Waals surface area contributed by atoms with Crippen molar-refractivity contribution in [1.29, 1.82) is 0 Å². The highest BCUT2D eigenvalue weighted by atomic mass is 28.4. The molecule has 2 aromatic carbocycles. The molecule has 1 saturated heterocycles. The molecule has 0 aliphatic carbocycles. The summed E-state index contributed by atoms with van der Waals surface area (Å²) in [6.45, 7) is 2.01. The number of rotatable bonds is 4. The van der Waals surface area contributed by atoms with Crippen molar-refractivity contribution >= 4 is 30.5 Å². The molecule has 2 amide bonds. The van der Waals surface area contributed by atoms with Crippen molar-refractivity contribution in [2.45, 2.75) is 19.4 Å². The maximum absolute atomic E-state index is 11.9. The van der Waals surface area contributed by atoms with Crippen LogP contribution in [0.15, 0.2) is 60.7 Å². The average Bonchev–Trinajstić information content (AvgIpc) is 2.88. The molecule has 0 bridgehead atoms. The number of imide groups is 1. The molecule has 1 aliphatic heterocycles. The second kappa shape index (κ2) is 5.86. The van der Waals surface area contributed by atoms with Crippen LogP contribution in [0.5, 0.6) is 0 Å². The zero-order valence-corrected chi connectivity index (χ0v) is 13.4. The van der Waals surface area contributed by atoms with Crippen molar-refractivity contribution in [3.63, 3.8) is 0 Å². The minimum Gasteiger partial charge on any atom is -0.299 e. The number of carbonyl (C=O) groups is 2. The van der Waals surface area contributed by atoms with Gasteiger partial charge >= 0.3 is 0 Å². The number of hydrogen-bond donors (Lipinski definition) is 0. The molecular weight excluding hydrogens is 294 g/mol. The third kappa shape index (κ3) is 2.60. The van der Waals surface area contributed by atoms with Crippen molar-refractivity contribution < 1.29 is 14.1 Å². The molecule has 22 heavy (non-hydrogen) atoms. The fourth-order valence-corrected chi connectivity index (χ4v) is 5.39. The van der Waals surface area contributed by atoms with Crippen LogP contribution in [0.2, 0.25) is 6.55 Å². The smallest absolute Gasteiger partial charge is 0.288 e.